The Hall–Kier alpha value is -1.55. The number of carbonyl (C=O) groups excluding carboxylic acids is 1. The van der Waals surface area contributed by atoms with E-state index in [1.165, 1.54) is 0 Å². The Kier molecular flexibility index (Phi) is 8.78. The van der Waals surface area contributed by atoms with Crippen molar-refractivity contribution in [3.05, 3.63) is 34.9 Å². The lowest BCUT2D eigenvalue weighted by molar-refractivity contribution is -0.122. The van der Waals surface area contributed by atoms with Gasteiger partial charge in [-0.15, -0.1) is 0 Å². The first kappa shape index (κ1) is 15.4. The second-order valence-corrected chi connectivity index (χ2v) is 3.80. The van der Waals surface area contributed by atoms with Gasteiger partial charge in [0.25, 0.3) is 6.47 Å². The van der Waals surface area contributed by atoms with E-state index >= 15 is 0 Å². The van der Waals surface area contributed by atoms with Gasteiger partial charge in [0.05, 0.1) is 0 Å². The summed E-state index contributed by atoms with van der Waals surface area (Å²) in [5.74, 6) is 0.371. The van der Waals surface area contributed by atoms with E-state index in [4.69, 9.17) is 21.5 Å². The molecule has 1 aromatic rings. The summed E-state index contributed by atoms with van der Waals surface area (Å²) in [5.41, 5.74) is 1.14. The number of benzene rings is 1. The second-order valence-electron chi connectivity index (χ2n) is 3.39. The topological polar surface area (TPSA) is 66.4 Å². The van der Waals surface area contributed by atoms with Gasteiger partial charge >= 0.3 is 0 Å². The third-order valence-corrected chi connectivity index (χ3v) is 2.59. The number of rotatable bonds is 5. The van der Waals surface area contributed by atoms with Crippen LogP contribution >= 0.6 is 11.6 Å². The summed E-state index contributed by atoms with van der Waals surface area (Å²) in [6.07, 6.45) is 1.63. The van der Waals surface area contributed by atoms with E-state index < -0.39 is 0 Å². The van der Waals surface area contributed by atoms with Crippen molar-refractivity contribution in [2.75, 3.05) is 6.54 Å². The van der Waals surface area contributed by atoms with Crippen LogP contribution < -0.4 is 5.32 Å². The molecule has 1 amide bonds. The van der Waals surface area contributed by atoms with Gasteiger partial charge in [0.1, 0.15) is 0 Å². The number of carboxylic acid groups (broad SMARTS) is 1. The summed E-state index contributed by atoms with van der Waals surface area (Å²) in [4.78, 5) is 18.4. The van der Waals surface area contributed by atoms with Gasteiger partial charge in [-0.2, -0.15) is 0 Å². The van der Waals surface area contributed by atoms with Crippen molar-refractivity contribution in [1.29, 1.82) is 0 Å². The van der Waals surface area contributed by atoms with Gasteiger partial charge in [-0.3, -0.25) is 9.59 Å². The molecule has 94 valence electrons. The average Bonchev–Trinajstić information content (AvgIpc) is 2.31. The molecule has 17 heavy (non-hydrogen) atoms. The maximum atomic E-state index is 10.1. The highest BCUT2D eigenvalue weighted by molar-refractivity contribution is 6.31. The molecule has 0 fully saturated rings. The minimum absolute atomic E-state index is 0.250. The predicted molar refractivity (Wildman–Crippen MR) is 67.2 cm³/mol. The molecular weight excluding hydrogens is 242 g/mol. The maximum Gasteiger partial charge on any atom is 0.290 e. The molecule has 0 unspecified atom stereocenters. The molecule has 1 rings (SSSR count). The lowest BCUT2D eigenvalue weighted by atomic mass is 9.98. The summed E-state index contributed by atoms with van der Waals surface area (Å²) < 4.78 is 0. The zero-order chi connectivity index (χ0) is 13.1. The lowest BCUT2D eigenvalue weighted by Crippen LogP contribution is -2.14. The lowest BCUT2D eigenvalue weighted by Gasteiger charge is -2.12. The highest BCUT2D eigenvalue weighted by Crippen LogP contribution is 2.25. The van der Waals surface area contributed by atoms with Gasteiger partial charge in [0.2, 0.25) is 6.41 Å². The molecule has 0 aromatic heterocycles. The largest absolute Gasteiger partial charge is 0.483 e. The molecule has 0 spiro atoms. The monoisotopic (exact) mass is 257 g/mol. The number of carbonyl (C=O) groups is 2. The summed E-state index contributed by atoms with van der Waals surface area (Å²) in [6.45, 7) is 2.55. The molecule has 2 N–H and O–H groups in total. The smallest absolute Gasteiger partial charge is 0.290 e. The van der Waals surface area contributed by atoms with Crippen LogP contribution in [0.4, 0.5) is 0 Å². The van der Waals surface area contributed by atoms with E-state index in [0.29, 0.717) is 12.5 Å². The highest BCUT2D eigenvalue weighted by atomic mass is 35.5. The SMILES string of the molecule is C[C@H](CCNC=O)c1ccccc1Cl.O=CO. The number of halogens is 1. The summed E-state index contributed by atoms with van der Waals surface area (Å²) in [5, 5.41) is 10.3. The molecular formula is C12H16ClNO3. The van der Waals surface area contributed by atoms with Gasteiger partial charge < -0.3 is 10.4 Å². The van der Waals surface area contributed by atoms with Gasteiger partial charge in [0.15, 0.2) is 0 Å². The first-order chi connectivity index (χ1) is 8.17. The third-order valence-electron chi connectivity index (χ3n) is 2.24. The van der Waals surface area contributed by atoms with Crippen molar-refractivity contribution >= 4 is 24.5 Å². The van der Waals surface area contributed by atoms with Crippen LogP contribution in [0.1, 0.15) is 24.8 Å². The summed E-state index contributed by atoms with van der Waals surface area (Å²) in [6, 6.07) is 7.81. The molecule has 5 heteroatoms. The van der Waals surface area contributed by atoms with Crippen LogP contribution in [0.3, 0.4) is 0 Å². The van der Waals surface area contributed by atoms with Crippen molar-refractivity contribution in [3.8, 4) is 0 Å². The molecule has 0 heterocycles. The van der Waals surface area contributed by atoms with Crippen LogP contribution in [0, 0.1) is 0 Å². The molecule has 1 atom stereocenters. The molecule has 0 aliphatic heterocycles. The molecule has 0 bridgehead atoms. The Morgan fingerprint density at radius 1 is 1.41 bits per heavy atom. The van der Waals surface area contributed by atoms with Crippen LogP contribution in [0.5, 0.6) is 0 Å². The average molecular weight is 258 g/mol. The number of nitrogens with one attached hydrogen (secondary N) is 1. The van der Waals surface area contributed by atoms with E-state index in [-0.39, 0.29) is 6.47 Å². The van der Waals surface area contributed by atoms with E-state index in [2.05, 4.69) is 12.2 Å². The Morgan fingerprint density at radius 3 is 2.53 bits per heavy atom. The van der Waals surface area contributed by atoms with Crippen LogP contribution in [-0.2, 0) is 9.59 Å². The molecule has 0 saturated carbocycles. The Labute approximate surface area is 106 Å². The van der Waals surface area contributed by atoms with Crippen molar-refractivity contribution in [1.82, 2.24) is 5.32 Å². The second kappa shape index (κ2) is 9.66. The third kappa shape index (κ3) is 6.58. The molecule has 4 nitrogen and oxygen atoms in total. The first-order valence-electron chi connectivity index (χ1n) is 5.16. The molecule has 0 saturated heterocycles. The number of hydrogen-bond acceptors (Lipinski definition) is 2. The zero-order valence-corrected chi connectivity index (χ0v) is 10.4. The molecule has 0 aliphatic carbocycles. The van der Waals surface area contributed by atoms with Crippen LogP contribution in [0.2, 0.25) is 5.02 Å². The fourth-order valence-corrected chi connectivity index (χ4v) is 1.71. The fourth-order valence-electron chi connectivity index (χ4n) is 1.39. The van der Waals surface area contributed by atoms with Crippen molar-refractivity contribution in [2.45, 2.75) is 19.3 Å². The zero-order valence-electron chi connectivity index (χ0n) is 9.60. The van der Waals surface area contributed by atoms with Crippen molar-refractivity contribution < 1.29 is 14.7 Å². The maximum absolute atomic E-state index is 10.1. The van der Waals surface area contributed by atoms with Gasteiger partial charge in [-0.05, 0) is 24.0 Å². The summed E-state index contributed by atoms with van der Waals surface area (Å²) in [7, 11) is 0. The Balaban J connectivity index is 0.000000770. The van der Waals surface area contributed by atoms with Gasteiger partial charge in [-0.1, -0.05) is 36.7 Å². The molecule has 0 aliphatic rings. The standard InChI is InChI=1S/C11H14ClNO.CH2O2/c1-9(6-7-13-8-14)10-4-2-3-5-11(10)12;2-1-3/h2-5,8-9H,6-7H2,1H3,(H,13,14);1H,(H,2,3)/t9-;/m1./s1. The minimum Gasteiger partial charge on any atom is -0.483 e. The predicted octanol–water partition coefficient (Wildman–Crippen LogP) is 2.28. The van der Waals surface area contributed by atoms with Crippen molar-refractivity contribution in [3.63, 3.8) is 0 Å². The van der Waals surface area contributed by atoms with Crippen LogP contribution in [0.25, 0.3) is 0 Å². The Morgan fingerprint density at radius 2 is 2.00 bits per heavy atom. The first-order valence-corrected chi connectivity index (χ1v) is 5.54. The fraction of sp³-hybridized carbons (Fsp3) is 0.333. The summed E-state index contributed by atoms with van der Waals surface area (Å²) >= 11 is 6.04. The van der Waals surface area contributed by atoms with Crippen LogP contribution in [0.15, 0.2) is 24.3 Å². The van der Waals surface area contributed by atoms with E-state index in [1.54, 1.807) is 0 Å². The minimum atomic E-state index is -0.250. The molecule has 1 aromatic carbocycles. The van der Waals surface area contributed by atoms with E-state index in [0.717, 1.165) is 23.4 Å². The number of hydrogen-bond donors (Lipinski definition) is 2. The normalized spacial score (nSPS) is 10.7. The van der Waals surface area contributed by atoms with Gasteiger partial charge in [-0.25, -0.2) is 0 Å². The number of amides is 1. The quantitative estimate of drug-likeness (QED) is 0.628. The van der Waals surface area contributed by atoms with E-state index in [9.17, 15) is 4.79 Å². The van der Waals surface area contributed by atoms with E-state index in [1.807, 2.05) is 24.3 Å². The highest BCUT2D eigenvalue weighted by Gasteiger charge is 2.07. The molecule has 0 radical (unpaired) electrons. The van der Waals surface area contributed by atoms with Crippen LogP contribution in [-0.4, -0.2) is 24.5 Å². The van der Waals surface area contributed by atoms with Crippen molar-refractivity contribution in [2.24, 2.45) is 0 Å². The van der Waals surface area contributed by atoms with Gasteiger partial charge in [0, 0.05) is 11.6 Å². The Bertz CT molecular complexity index is 344.